The van der Waals surface area contributed by atoms with Crippen molar-refractivity contribution in [3.63, 3.8) is 0 Å². The number of halogens is 1. The van der Waals surface area contributed by atoms with Gasteiger partial charge >= 0.3 is 0 Å². The number of nitrogens with one attached hydrogen (secondary N) is 1. The average molecular weight is 263 g/mol. The van der Waals surface area contributed by atoms with E-state index in [1.54, 1.807) is 12.1 Å². The fourth-order valence-electron chi connectivity index (χ4n) is 2.87. The van der Waals surface area contributed by atoms with Gasteiger partial charge in [0.05, 0.1) is 0 Å². The van der Waals surface area contributed by atoms with E-state index in [4.69, 9.17) is 11.1 Å². The van der Waals surface area contributed by atoms with Crippen LogP contribution in [0.5, 0.6) is 0 Å². The Morgan fingerprint density at radius 1 is 1.53 bits per heavy atom. The van der Waals surface area contributed by atoms with Crippen molar-refractivity contribution >= 4 is 5.84 Å². The molecule has 1 heterocycles. The van der Waals surface area contributed by atoms with E-state index >= 15 is 0 Å². The Kier molecular flexibility index (Phi) is 4.20. The second-order valence-corrected chi connectivity index (χ2v) is 5.64. The highest BCUT2D eigenvalue weighted by atomic mass is 19.1. The van der Waals surface area contributed by atoms with Crippen LogP contribution in [0.2, 0.25) is 0 Å². The Labute approximate surface area is 114 Å². The molecule has 0 amide bonds. The number of nitrogen functional groups attached to an aromatic ring is 1. The van der Waals surface area contributed by atoms with Gasteiger partial charge in [-0.25, -0.2) is 4.39 Å². The van der Waals surface area contributed by atoms with Crippen molar-refractivity contribution in [1.82, 2.24) is 4.90 Å². The first-order chi connectivity index (χ1) is 8.99. The molecule has 19 heavy (non-hydrogen) atoms. The van der Waals surface area contributed by atoms with Gasteiger partial charge in [-0.3, -0.25) is 10.3 Å². The van der Waals surface area contributed by atoms with Crippen molar-refractivity contribution in [3.05, 3.63) is 35.1 Å². The van der Waals surface area contributed by atoms with Gasteiger partial charge in [0, 0.05) is 23.7 Å². The third kappa shape index (κ3) is 3.13. The van der Waals surface area contributed by atoms with Crippen molar-refractivity contribution in [1.29, 1.82) is 5.41 Å². The minimum atomic E-state index is -0.262. The molecule has 1 aliphatic rings. The average Bonchev–Trinajstić information content (AvgIpc) is 2.79. The minimum absolute atomic E-state index is 0.0910. The lowest BCUT2D eigenvalue weighted by Crippen LogP contribution is -2.33. The monoisotopic (exact) mass is 263 g/mol. The molecule has 3 N–H and O–H groups in total. The van der Waals surface area contributed by atoms with E-state index in [1.807, 2.05) is 0 Å². The van der Waals surface area contributed by atoms with Crippen molar-refractivity contribution in [2.24, 2.45) is 11.7 Å². The second kappa shape index (κ2) is 5.70. The molecule has 0 saturated carbocycles. The molecule has 0 bridgehead atoms. The first kappa shape index (κ1) is 14.0. The van der Waals surface area contributed by atoms with Gasteiger partial charge in [-0.05, 0) is 31.4 Å². The molecular formula is C15H22FN3. The molecular weight excluding hydrogens is 241 g/mol. The van der Waals surface area contributed by atoms with E-state index < -0.39 is 0 Å². The molecule has 104 valence electrons. The number of rotatable bonds is 4. The molecule has 2 rings (SSSR count). The third-order valence-corrected chi connectivity index (χ3v) is 3.92. The Hall–Kier alpha value is -1.42. The Bertz CT molecular complexity index is 470. The van der Waals surface area contributed by atoms with E-state index in [-0.39, 0.29) is 11.7 Å². The summed E-state index contributed by atoms with van der Waals surface area (Å²) >= 11 is 0. The maximum atomic E-state index is 14.0. The van der Waals surface area contributed by atoms with Gasteiger partial charge in [-0.15, -0.1) is 0 Å². The third-order valence-electron chi connectivity index (χ3n) is 3.92. The van der Waals surface area contributed by atoms with Crippen LogP contribution in [-0.2, 0) is 6.54 Å². The lowest BCUT2D eigenvalue weighted by Gasteiger charge is -2.27. The van der Waals surface area contributed by atoms with Gasteiger partial charge in [0.25, 0.3) is 0 Å². The second-order valence-electron chi connectivity index (χ2n) is 5.64. The molecule has 1 aromatic carbocycles. The standard InChI is InChI=1S/C15H22FN3/c1-10(2)14-4-3-7-19(14)9-12-6-5-11(15(17)18)8-13(12)16/h5-6,8,10,14H,3-4,7,9H2,1-2H3,(H3,17,18). The van der Waals surface area contributed by atoms with Crippen LogP contribution in [0.25, 0.3) is 0 Å². The maximum Gasteiger partial charge on any atom is 0.128 e. The van der Waals surface area contributed by atoms with Crippen LogP contribution in [0.15, 0.2) is 18.2 Å². The SMILES string of the molecule is CC(C)C1CCCN1Cc1ccc(C(=N)N)cc1F. The molecule has 1 aromatic rings. The summed E-state index contributed by atoms with van der Waals surface area (Å²) in [6, 6.07) is 5.38. The quantitative estimate of drug-likeness (QED) is 0.648. The number of nitrogens with two attached hydrogens (primary N) is 1. The van der Waals surface area contributed by atoms with Gasteiger partial charge in [0.15, 0.2) is 0 Å². The molecule has 1 fully saturated rings. The van der Waals surface area contributed by atoms with Crippen molar-refractivity contribution in [3.8, 4) is 0 Å². The summed E-state index contributed by atoms with van der Waals surface area (Å²) in [6.07, 6.45) is 2.39. The number of amidine groups is 1. The van der Waals surface area contributed by atoms with Crippen molar-refractivity contribution in [2.45, 2.75) is 39.3 Å². The molecule has 0 aromatic heterocycles. The summed E-state index contributed by atoms with van der Waals surface area (Å²) in [7, 11) is 0. The smallest absolute Gasteiger partial charge is 0.128 e. The zero-order chi connectivity index (χ0) is 14.0. The number of nitrogens with zero attached hydrogens (tertiary/aromatic N) is 1. The van der Waals surface area contributed by atoms with Gasteiger partial charge in [0.2, 0.25) is 0 Å². The van der Waals surface area contributed by atoms with Gasteiger partial charge in [0.1, 0.15) is 11.7 Å². The molecule has 0 radical (unpaired) electrons. The summed E-state index contributed by atoms with van der Waals surface area (Å²) in [6.45, 7) is 6.12. The molecule has 1 atom stereocenters. The summed E-state index contributed by atoms with van der Waals surface area (Å²) in [4.78, 5) is 2.36. The van der Waals surface area contributed by atoms with Crippen LogP contribution in [0.3, 0.4) is 0 Å². The van der Waals surface area contributed by atoms with E-state index in [0.717, 1.165) is 6.54 Å². The topological polar surface area (TPSA) is 53.1 Å². The van der Waals surface area contributed by atoms with Crippen LogP contribution in [0.4, 0.5) is 4.39 Å². The van der Waals surface area contributed by atoms with Gasteiger partial charge in [-0.2, -0.15) is 0 Å². The van der Waals surface area contributed by atoms with E-state index in [9.17, 15) is 4.39 Å². The van der Waals surface area contributed by atoms with Crippen LogP contribution < -0.4 is 5.73 Å². The summed E-state index contributed by atoms with van der Waals surface area (Å²) < 4.78 is 14.0. The van der Waals surface area contributed by atoms with Gasteiger partial charge < -0.3 is 5.73 Å². The predicted octanol–water partition coefficient (Wildman–Crippen LogP) is 2.73. The zero-order valence-corrected chi connectivity index (χ0v) is 11.6. The van der Waals surface area contributed by atoms with Crippen LogP contribution in [-0.4, -0.2) is 23.3 Å². The molecule has 1 unspecified atom stereocenters. The Morgan fingerprint density at radius 3 is 2.84 bits per heavy atom. The largest absolute Gasteiger partial charge is 0.384 e. The van der Waals surface area contributed by atoms with Crippen LogP contribution >= 0.6 is 0 Å². The lowest BCUT2D eigenvalue weighted by molar-refractivity contribution is 0.196. The first-order valence-electron chi connectivity index (χ1n) is 6.86. The summed E-state index contributed by atoms with van der Waals surface area (Å²) in [5.41, 5.74) is 6.50. The number of hydrogen-bond acceptors (Lipinski definition) is 2. The highest BCUT2D eigenvalue weighted by Gasteiger charge is 2.27. The number of benzene rings is 1. The number of likely N-dealkylation sites (tertiary alicyclic amines) is 1. The van der Waals surface area contributed by atoms with Crippen molar-refractivity contribution < 1.29 is 4.39 Å². The predicted molar refractivity (Wildman–Crippen MR) is 75.7 cm³/mol. The molecule has 0 aliphatic carbocycles. The maximum absolute atomic E-state index is 14.0. The highest BCUT2D eigenvalue weighted by Crippen LogP contribution is 2.26. The molecule has 4 heteroatoms. The van der Waals surface area contributed by atoms with Crippen LogP contribution in [0.1, 0.15) is 37.8 Å². The first-order valence-corrected chi connectivity index (χ1v) is 6.86. The lowest BCUT2D eigenvalue weighted by atomic mass is 10.0. The summed E-state index contributed by atoms with van der Waals surface area (Å²) in [5.74, 6) is 0.246. The fraction of sp³-hybridized carbons (Fsp3) is 0.533. The molecule has 1 aliphatic heterocycles. The molecule has 1 saturated heterocycles. The fourth-order valence-corrected chi connectivity index (χ4v) is 2.87. The highest BCUT2D eigenvalue weighted by molar-refractivity contribution is 5.94. The Balaban J connectivity index is 2.13. The van der Waals surface area contributed by atoms with Crippen LogP contribution in [0, 0.1) is 17.1 Å². The number of hydrogen-bond donors (Lipinski definition) is 2. The van der Waals surface area contributed by atoms with Gasteiger partial charge in [-0.1, -0.05) is 26.0 Å². The van der Waals surface area contributed by atoms with E-state index in [2.05, 4.69) is 18.7 Å². The normalized spacial score (nSPS) is 20.1. The zero-order valence-electron chi connectivity index (χ0n) is 11.6. The van der Waals surface area contributed by atoms with Crippen molar-refractivity contribution in [2.75, 3.05) is 6.54 Å². The molecule has 3 nitrogen and oxygen atoms in total. The van der Waals surface area contributed by atoms with E-state index in [1.165, 1.54) is 18.9 Å². The van der Waals surface area contributed by atoms with E-state index in [0.29, 0.717) is 29.6 Å². The summed E-state index contributed by atoms with van der Waals surface area (Å²) in [5, 5.41) is 7.32. The Morgan fingerprint density at radius 2 is 2.26 bits per heavy atom. The minimum Gasteiger partial charge on any atom is -0.384 e. The molecule has 0 spiro atoms.